The van der Waals surface area contributed by atoms with E-state index >= 15 is 0 Å². The molecule has 1 N–H and O–H groups in total. The lowest BCUT2D eigenvalue weighted by Crippen LogP contribution is -2.30. The van der Waals surface area contributed by atoms with E-state index in [0.29, 0.717) is 28.5 Å². The number of carbonyl (C=O) groups is 1. The van der Waals surface area contributed by atoms with Crippen molar-refractivity contribution in [3.63, 3.8) is 0 Å². The molecule has 0 unspecified atom stereocenters. The maximum absolute atomic E-state index is 13.7. The second kappa shape index (κ2) is 7.07. The first kappa shape index (κ1) is 18.5. The predicted molar refractivity (Wildman–Crippen MR) is 115 cm³/mol. The number of fused-ring (bicyclic) bond motifs is 2. The average molecular weight is 419 g/mol. The van der Waals surface area contributed by atoms with Crippen LogP contribution in [-0.2, 0) is 6.42 Å². The third kappa shape index (κ3) is 3.35. The van der Waals surface area contributed by atoms with Crippen LogP contribution in [0.3, 0.4) is 0 Å². The van der Waals surface area contributed by atoms with E-state index in [2.05, 4.69) is 15.3 Å². The molecule has 0 atom stereocenters. The third-order valence-corrected chi connectivity index (χ3v) is 5.29. The van der Waals surface area contributed by atoms with Crippen molar-refractivity contribution < 1.29 is 9.18 Å². The number of halogens is 2. The van der Waals surface area contributed by atoms with Crippen LogP contribution in [0.15, 0.2) is 65.8 Å². The van der Waals surface area contributed by atoms with Gasteiger partial charge in [0.1, 0.15) is 23.0 Å². The fraction of sp³-hybridized carbons (Fsp3) is 0.0870. The highest BCUT2D eigenvalue weighted by Gasteiger charge is 2.20. The molecule has 7 heteroatoms. The molecule has 2 aromatic carbocycles. The minimum absolute atomic E-state index is 0.304. The first-order valence-corrected chi connectivity index (χ1v) is 9.77. The number of pyridine rings is 1. The Bertz CT molecular complexity index is 1340. The normalized spacial score (nSPS) is 12.7. The number of imidazole rings is 1. The molecule has 0 fully saturated rings. The van der Waals surface area contributed by atoms with Gasteiger partial charge in [-0.2, -0.15) is 0 Å². The van der Waals surface area contributed by atoms with Gasteiger partial charge in [-0.05, 0) is 66.1 Å². The number of nitrogens with one attached hydrogen (secondary N) is 1. The summed E-state index contributed by atoms with van der Waals surface area (Å²) in [6, 6.07) is 15.8. The molecule has 0 radical (unpaired) electrons. The first-order chi connectivity index (χ1) is 14.5. The van der Waals surface area contributed by atoms with Gasteiger partial charge in [0.15, 0.2) is 0 Å². The zero-order valence-electron chi connectivity index (χ0n) is 16.0. The van der Waals surface area contributed by atoms with Crippen LogP contribution in [0.2, 0.25) is 5.02 Å². The Hall–Kier alpha value is -3.51. The molecule has 5 rings (SSSR count). The van der Waals surface area contributed by atoms with E-state index in [0.717, 1.165) is 28.2 Å². The van der Waals surface area contributed by atoms with Crippen LogP contribution in [0.25, 0.3) is 16.8 Å². The van der Waals surface area contributed by atoms with Gasteiger partial charge in [-0.25, -0.2) is 14.4 Å². The Labute approximate surface area is 176 Å². The van der Waals surface area contributed by atoms with Gasteiger partial charge in [-0.3, -0.25) is 4.79 Å². The number of hydrogen-bond donors (Lipinski definition) is 1. The van der Waals surface area contributed by atoms with Gasteiger partial charge < -0.3 is 9.72 Å². The van der Waals surface area contributed by atoms with Gasteiger partial charge in [0.2, 0.25) is 0 Å². The molecule has 0 saturated heterocycles. The summed E-state index contributed by atoms with van der Waals surface area (Å²) in [5, 5.41) is 3.20. The average Bonchev–Trinajstić information content (AvgIpc) is 3.31. The molecule has 0 saturated carbocycles. The topological polar surface area (TPSA) is 58.8 Å². The van der Waals surface area contributed by atoms with Crippen molar-refractivity contribution in [2.24, 2.45) is 4.99 Å². The number of rotatable bonds is 2. The van der Waals surface area contributed by atoms with E-state index in [1.54, 1.807) is 12.3 Å². The van der Waals surface area contributed by atoms with Crippen molar-refractivity contribution in [2.45, 2.75) is 13.3 Å². The smallest absolute Gasteiger partial charge is 0.276 e. The number of aromatic nitrogens is 2. The minimum atomic E-state index is -0.384. The largest absolute Gasteiger partial charge is 0.308 e. The lowest BCUT2D eigenvalue weighted by molar-refractivity contribution is 0.0972. The van der Waals surface area contributed by atoms with Gasteiger partial charge in [0.25, 0.3) is 5.91 Å². The summed E-state index contributed by atoms with van der Waals surface area (Å²) in [4.78, 5) is 21.6. The Morgan fingerprint density at radius 2 is 2.00 bits per heavy atom. The lowest BCUT2D eigenvalue weighted by atomic mass is 10.0. The number of benzene rings is 2. The zero-order valence-corrected chi connectivity index (χ0v) is 16.7. The Morgan fingerprint density at radius 1 is 1.13 bits per heavy atom. The number of aryl methyl sites for hydroxylation is 1. The number of nitrogens with zero attached hydrogens (tertiary/aromatic N) is 3. The zero-order chi connectivity index (χ0) is 20.8. The van der Waals surface area contributed by atoms with Crippen LogP contribution in [0, 0.1) is 12.7 Å². The Morgan fingerprint density at radius 3 is 2.80 bits per heavy atom. The Kier molecular flexibility index (Phi) is 4.37. The van der Waals surface area contributed by atoms with Gasteiger partial charge in [0, 0.05) is 23.3 Å². The minimum Gasteiger partial charge on any atom is -0.308 e. The SMILES string of the molecule is Cc1cccc2nc(C(=O)NC3=Nc4ccc(-c5cc(F)cc(Cl)c5)cc4C3)cn12. The van der Waals surface area contributed by atoms with E-state index in [1.165, 1.54) is 12.1 Å². The standard InChI is InChI=1S/C23H16ClFN4O/c1-13-3-2-4-22-27-20(12-29(13)22)23(30)28-21-10-16-7-14(5-6-19(16)26-21)15-8-17(24)11-18(25)9-15/h2-9,11-12H,10H2,1H3,(H,26,28,30). The van der Waals surface area contributed by atoms with Gasteiger partial charge >= 0.3 is 0 Å². The van der Waals surface area contributed by atoms with E-state index < -0.39 is 0 Å². The molecule has 4 aromatic rings. The van der Waals surface area contributed by atoms with Crippen LogP contribution < -0.4 is 5.32 Å². The van der Waals surface area contributed by atoms with Crippen molar-refractivity contribution in [1.29, 1.82) is 0 Å². The van der Waals surface area contributed by atoms with Crippen LogP contribution in [0.1, 0.15) is 21.7 Å². The van der Waals surface area contributed by atoms with Crippen LogP contribution in [0.4, 0.5) is 10.1 Å². The first-order valence-electron chi connectivity index (χ1n) is 9.39. The lowest BCUT2D eigenvalue weighted by Gasteiger charge is -2.05. The van der Waals surface area contributed by atoms with E-state index in [9.17, 15) is 9.18 Å². The van der Waals surface area contributed by atoms with Crippen LogP contribution in [-0.4, -0.2) is 21.1 Å². The summed E-state index contributed by atoms with van der Waals surface area (Å²) in [7, 11) is 0. The molecular weight excluding hydrogens is 403 g/mol. The summed E-state index contributed by atoms with van der Waals surface area (Å²) in [6.07, 6.45) is 2.19. The monoisotopic (exact) mass is 418 g/mol. The van der Waals surface area contributed by atoms with Crippen molar-refractivity contribution in [3.05, 3.63) is 88.6 Å². The van der Waals surface area contributed by atoms with Crippen molar-refractivity contribution in [3.8, 4) is 11.1 Å². The number of amides is 1. The van der Waals surface area contributed by atoms with Crippen LogP contribution >= 0.6 is 11.6 Å². The summed E-state index contributed by atoms with van der Waals surface area (Å²) < 4.78 is 15.6. The molecular formula is C23H16ClFN4O. The maximum Gasteiger partial charge on any atom is 0.276 e. The molecule has 1 aliphatic rings. The summed E-state index contributed by atoms with van der Waals surface area (Å²) in [5.41, 5.74) is 5.31. The van der Waals surface area contributed by atoms with Crippen molar-refractivity contribution >= 4 is 34.7 Å². The molecule has 0 aliphatic carbocycles. The molecule has 148 valence electrons. The number of aliphatic imine (C=N–C) groups is 1. The highest BCUT2D eigenvalue weighted by molar-refractivity contribution is 6.30. The van der Waals surface area contributed by atoms with Crippen molar-refractivity contribution in [1.82, 2.24) is 14.7 Å². The Balaban J connectivity index is 1.36. The molecule has 2 aromatic heterocycles. The number of amidine groups is 1. The summed E-state index contributed by atoms with van der Waals surface area (Å²) in [6.45, 7) is 1.96. The van der Waals surface area contributed by atoms with E-state index in [-0.39, 0.29) is 11.7 Å². The third-order valence-electron chi connectivity index (χ3n) is 5.08. The highest BCUT2D eigenvalue weighted by atomic mass is 35.5. The molecule has 0 bridgehead atoms. The second-order valence-electron chi connectivity index (χ2n) is 7.21. The summed E-state index contributed by atoms with van der Waals surface area (Å²) >= 11 is 5.98. The fourth-order valence-electron chi connectivity index (χ4n) is 3.63. The quantitative estimate of drug-likeness (QED) is 0.491. The fourth-order valence-corrected chi connectivity index (χ4v) is 3.85. The summed E-state index contributed by atoms with van der Waals surface area (Å²) in [5.74, 6) is -0.134. The van der Waals surface area contributed by atoms with Crippen molar-refractivity contribution in [2.75, 3.05) is 0 Å². The maximum atomic E-state index is 13.7. The van der Waals surface area contributed by atoms with Crippen LogP contribution in [0.5, 0.6) is 0 Å². The highest BCUT2D eigenvalue weighted by Crippen LogP contribution is 2.32. The number of hydrogen-bond acceptors (Lipinski definition) is 3. The molecule has 3 heterocycles. The van der Waals surface area contributed by atoms with E-state index in [4.69, 9.17) is 11.6 Å². The second-order valence-corrected chi connectivity index (χ2v) is 7.65. The van der Waals surface area contributed by atoms with Gasteiger partial charge in [0.05, 0.1) is 5.69 Å². The number of carbonyl (C=O) groups excluding carboxylic acids is 1. The molecule has 1 aliphatic heterocycles. The van der Waals surface area contributed by atoms with Gasteiger partial charge in [-0.15, -0.1) is 0 Å². The molecule has 0 spiro atoms. The molecule has 30 heavy (non-hydrogen) atoms. The van der Waals surface area contributed by atoms with Gasteiger partial charge in [-0.1, -0.05) is 23.7 Å². The predicted octanol–water partition coefficient (Wildman–Crippen LogP) is 5.12. The molecule has 5 nitrogen and oxygen atoms in total. The molecule has 1 amide bonds. The van der Waals surface area contributed by atoms with E-state index in [1.807, 2.05) is 47.7 Å².